The molecule has 0 aliphatic carbocycles. The third-order valence-electron chi connectivity index (χ3n) is 3.13. The molecule has 1 aromatic carbocycles. The number of carbonyl (C=O) groups is 2. The molecule has 1 aromatic rings. The number of carboxylic acid groups (broad SMARTS) is 1. The van der Waals surface area contributed by atoms with Crippen molar-refractivity contribution < 1.29 is 23.1 Å². The molecule has 0 radical (unpaired) electrons. The van der Waals surface area contributed by atoms with Crippen LogP contribution >= 0.6 is 0 Å². The Morgan fingerprint density at radius 3 is 2.54 bits per heavy atom. The van der Waals surface area contributed by atoms with Crippen molar-refractivity contribution in [3.05, 3.63) is 42.5 Å². The van der Waals surface area contributed by atoms with Gasteiger partial charge in [-0.25, -0.2) is 17.9 Å². The van der Waals surface area contributed by atoms with Crippen molar-refractivity contribution in [2.75, 3.05) is 6.54 Å². The van der Waals surface area contributed by atoms with E-state index in [9.17, 15) is 18.0 Å². The van der Waals surface area contributed by atoms with Crippen LogP contribution in [0.3, 0.4) is 0 Å². The third kappa shape index (κ3) is 5.78. The monoisotopic (exact) mass is 354 g/mol. The van der Waals surface area contributed by atoms with E-state index in [4.69, 9.17) is 5.11 Å². The Balaban J connectivity index is 2.98. The fourth-order valence-corrected chi connectivity index (χ4v) is 3.03. The summed E-state index contributed by atoms with van der Waals surface area (Å²) in [5.74, 6) is -1.68. The van der Waals surface area contributed by atoms with Crippen LogP contribution in [0, 0.1) is 5.92 Å². The SMILES string of the molecule is C=CCNS(=O)(=O)c1cccc(C(=O)NC(CC(C)C)C(=O)O)c1. The zero-order valence-electron chi connectivity index (χ0n) is 13.7. The summed E-state index contributed by atoms with van der Waals surface area (Å²) in [5, 5.41) is 11.6. The molecule has 0 aliphatic heterocycles. The standard InChI is InChI=1S/C16H22N2O5S/c1-4-8-17-24(22,23)13-7-5-6-12(10-13)15(19)18-14(16(20)21)9-11(2)3/h4-7,10-11,14,17H,1,8-9H2,2-3H3,(H,18,19)(H,20,21). The van der Waals surface area contributed by atoms with Gasteiger partial charge in [0.2, 0.25) is 10.0 Å². The summed E-state index contributed by atoms with van der Waals surface area (Å²) >= 11 is 0. The van der Waals surface area contributed by atoms with Crippen molar-refractivity contribution in [3.63, 3.8) is 0 Å². The Bertz CT molecular complexity index is 713. The predicted molar refractivity (Wildman–Crippen MR) is 90.2 cm³/mol. The molecule has 0 spiro atoms. The highest BCUT2D eigenvalue weighted by atomic mass is 32.2. The summed E-state index contributed by atoms with van der Waals surface area (Å²) in [7, 11) is -3.76. The van der Waals surface area contributed by atoms with Crippen LogP contribution in [0.1, 0.15) is 30.6 Å². The Hall–Kier alpha value is -2.19. The molecule has 1 unspecified atom stereocenters. The van der Waals surface area contributed by atoms with E-state index in [1.54, 1.807) is 0 Å². The summed E-state index contributed by atoms with van der Waals surface area (Å²) in [6.07, 6.45) is 1.68. The molecule has 1 rings (SSSR count). The molecule has 8 heteroatoms. The van der Waals surface area contributed by atoms with Gasteiger partial charge in [0.15, 0.2) is 0 Å². The number of sulfonamides is 1. The van der Waals surface area contributed by atoms with Gasteiger partial charge in [0, 0.05) is 12.1 Å². The second-order valence-corrected chi connectivity index (χ2v) is 7.43. The number of aliphatic carboxylic acids is 1. The lowest BCUT2D eigenvalue weighted by atomic mass is 10.0. The van der Waals surface area contributed by atoms with Gasteiger partial charge in [-0.05, 0) is 30.5 Å². The number of hydrogen-bond acceptors (Lipinski definition) is 4. The molecule has 0 bridgehead atoms. The molecular weight excluding hydrogens is 332 g/mol. The average Bonchev–Trinajstić information content (AvgIpc) is 2.52. The van der Waals surface area contributed by atoms with Crippen LogP contribution in [-0.4, -0.2) is 38.0 Å². The number of hydrogen-bond donors (Lipinski definition) is 3. The van der Waals surface area contributed by atoms with Crippen molar-refractivity contribution >= 4 is 21.9 Å². The van der Waals surface area contributed by atoms with E-state index < -0.39 is 27.9 Å². The lowest BCUT2D eigenvalue weighted by Crippen LogP contribution is -2.41. The van der Waals surface area contributed by atoms with Crippen LogP contribution in [0.2, 0.25) is 0 Å². The Morgan fingerprint density at radius 2 is 2.00 bits per heavy atom. The van der Waals surface area contributed by atoms with Gasteiger partial charge >= 0.3 is 5.97 Å². The number of amides is 1. The van der Waals surface area contributed by atoms with Crippen LogP contribution in [0.25, 0.3) is 0 Å². The van der Waals surface area contributed by atoms with Crippen LogP contribution in [0.4, 0.5) is 0 Å². The first kappa shape index (κ1) is 19.9. The summed E-state index contributed by atoms with van der Waals surface area (Å²) in [6, 6.07) is 4.38. The van der Waals surface area contributed by atoms with Gasteiger partial charge in [-0.15, -0.1) is 6.58 Å². The van der Waals surface area contributed by atoms with Crippen molar-refractivity contribution in [3.8, 4) is 0 Å². The minimum absolute atomic E-state index is 0.0637. The van der Waals surface area contributed by atoms with Crippen molar-refractivity contribution in [2.24, 2.45) is 5.92 Å². The molecule has 0 saturated carbocycles. The van der Waals surface area contributed by atoms with Crippen molar-refractivity contribution in [1.29, 1.82) is 0 Å². The predicted octanol–water partition coefficient (Wildman–Crippen LogP) is 1.38. The second-order valence-electron chi connectivity index (χ2n) is 5.66. The second kappa shape index (κ2) is 8.60. The topological polar surface area (TPSA) is 113 Å². The maximum Gasteiger partial charge on any atom is 0.326 e. The van der Waals surface area contributed by atoms with Gasteiger partial charge in [0.05, 0.1) is 4.90 Å². The summed E-state index contributed by atoms with van der Waals surface area (Å²) in [6.45, 7) is 7.19. The number of nitrogens with one attached hydrogen (secondary N) is 2. The van der Waals surface area contributed by atoms with Gasteiger partial charge < -0.3 is 10.4 Å². The minimum Gasteiger partial charge on any atom is -0.480 e. The minimum atomic E-state index is -3.76. The summed E-state index contributed by atoms with van der Waals surface area (Å²) in [4.78, 5) is 23.4. The number of carbonyl (C=O) groups excluding carboxylic acids is 1. The number of benzene rings is 1. The fourth-order valence-electron chi connectivity index (χ4n) is 1.99. The van der Waals surface area contributed by atoms with E-state index >= 15 is 0 Å². The largest absolute Gasteiger partial charge is 0.480 e. The van der Waals surface area contributed by atoms with E-state index in [2.05, 4.69) is 16.6 Å². The molecule has 0 aromatic heterocycles. The fraction of sp³-hybridized carbons (Fsp3) is 0.375. The molecule has 132 valence electrons. The molecular formula is C16H22N2O5S. The summed E-state index contributed by atoms with van der Waals surface area (Å²) < 4.78 is 26.4. The highest BCUT2D eigenvalue weighted by Gasteiger charge is 2.22. The van der Waals surface area contributed by atoms with E-state index in [-0.39, 0.29) is 29.3 Å². The highest BCUT2D eigenvalue weighted by molar-refractivity contribution is 7.89. The van der Waals surface area contributed by atoms with Crippen LogP contribution in [0.15, 0.2) is 41.8 Å². The lowest BCUT2D eigenvalue weighted by Gasteiger charge is -2.16. The highest BCUT2D eigenvalue weighted by Crippen LogP contribution is 2.12. The molecule has 3 N–H and O–H groups in total. The molecule has 0 aliphatic rings. The van der Waals surface area contributed by atoms with Crippen molar-refractivity contribution in [2.45, 2.75) is 31.2 Å². The first-order chi connectivity index (χ1) is 11.2. The maximum atomic E-state index is 12.2. The molecule has 1 amide bonds. The van der Waals surface area contributed by atoms with Gasteiger partial charge in [0.25, 0.3) is 5.91 Å². The zero-order chi connectivity index (χ0) is 18.3. The molecule has 7 nitrogen and oxygen atoms in total. The van der Waals surface area contributed by atoms with Crippen LogP contribution < -0.4 is 10.0 Å². The number of carboxylic acids is 1. The molecule has 0 fully saturated rings. The maximum absolute atomic E-state index is 12.2. The Kier molecular flexibility index (Phi) is 7.12. The van der Waals surface area contributed by atoms with Crippen LogP contribution in [0.5, 0.6) is 0 Å². The van der Waals surface area contributed by atoms with Gasteiger partial charge in [-0.1, -0.05) is 26.0 Å². The molecule has 1 atom stereocenters. The normalized spacial score (nSPS) is 12.6. The Morgan fingerprint density at radius 1 is 1.33 bits per heavy atom. The van der Waals surface area contributed by atoms with Crippen LogP contribution in [-0.2, 0) is 14.8 Å². The lowest BCUT2D eigenvalue weighted by molar-refractivity contribution is -0.139. The van der Waals surface area contributed by atoms with E-state index in [0.717, 1.165) is 0 Å². The summed E-state index contributed by atoms with van der Waals surface area (Å²) in [5.41, 5.74) is 0.0754. The average molecular weight is 354 g/mol. The molecule has 24 heavy (non-hydrogen) atoms. The van der Waals surface area contributed by atoms with Crippen molar-refractivity contribution in [1.82, 2.24) is 10.0 Å². The smallest absolute Gasteiger partial charge is 0.326 e. The quantitative estimate of drug-likeness (QED) is 0.580. The molecule has 0 saturated heterocycles. The van der Waals surface area contributed by atoms with E-state index in [1.807, 2.05) is 13.8 Å². The van der Waals surface area contributed by atoms with Gasteiger partial charge in [0.1, 0.15) is 6.04 Å². The van der Waals surface area contributed by atoms with E-state index in [0.29, 0.717) is 0 Å². The first-order valence-electron chi connectivity index (χ1n) is 7.41. The van der Waals surface area contributed by atoms with Gasteiger partial charge in [-0.2, -0.15) is 0 Å². The molecule has 0 heterocycles. The third-order valence-corrected chi connectivity index (χ3v) is 4.56. The zero-order valence-corrected chi connectivity index (χ0v) is 14.5. The van der Waals surface area contributed by atoms with Gasteiger partial charge in [-0.3, -0.25) is 4.79 Å². The first-order valence-corrected chi connectivity index (χ1v) is 8.90. The Labute approximate surface area is 141 Å². The van der Waals surface area contributed by atoms with E-state index in [1.165, 1.54) is 30.3 Å². The number of rotatable bonds is 9.